The Morgan fingerprint density at radius 2 is 0.735 bits per heavy atom. The van der Waals surface area contributed by atoms with Crippen LogP contribution in [0, 0.1) is 35.1 Å². The van der Waals surface area contributed by atoms with Crippen molar-refractivity contribution in [3.63, 3.8) is 0 Å². The smallest absolute Gasteiger partial charge is 0.139 e. The van der Waals surface area contributed by atoms with E-state index in [4.69, 9.17) is 9.97 Å². The summed E-state index contributed by atoms with van der Waals surface area (Å²) in [7, 11) is -1.87. The second-order valence-electron chi connectivity index (χ2n) is 27.9. The Bertz CT molecular complexity index is 3530. The zero-order valence-corrected chi connectivity index (χ0v) is 54.5. The molecule has 0 radical (unpaired) electrons. The molecule has 2 aliphatic heterocycles. The lowest BCUT2D eigenvalue weighted by molar-refractivity contribution is 0.568. The molecule has 2 N–H and O–H groups in total. The van der Waals surface area contributed by atoms with E-state index in [1.54, 1.807) is 0 Å². The molecule has 0 amide bonds. The van der Waals surface area contributed by atoms with Crippen LogP contribution in [0.3, 0.4) is 0 Å². The Hall–Kier alpha value is -6.84. The number of unbranched alkanes of at least 4 members (excludes halogenated alkanes) is 9. The minimum atomic E-state index is -1.87. The van der Waals surface area contributed by atoms with Crippen molar-refractivity contribution >= 4 is 54.4 Å². The standard InChI is InChI=1S/C78H96N4Si/c1-16-19-22-31-46-83(47-32-23-20-17-2,48-33-24-21-18-3)49-34-26-25-30-37-63-64-38-40-68(79-64)73(57-50-59(75(4,5)6)54-60(51-57)76(7,8)9)70-44-42-66(81-70)72(56-35-28-27-29-36-56)67-43-45-71(82-67)74(69-41-39-65(63)80-69)58-52-61(77(10,11)12)55-62(53-58)78(13,14)15/h27-29,35-36,38-45,50-55,79,82H,16-24,31-33,46-48H2,1-15H3. The minimum absolute atomic E-state index is 0.0943. The van der Waals surface area contributed by atoms with Crippen molar-refractivity contribution in [2.45, 2.75) is 221 Å². The van der Waals surface area contributed by atoms with Gasteiger partial charge in [0.05, 0.1) is 33.9 Å². The highest BCUT2D eigenvalue weighted by atomic mass is 28.3. The molecule has 0 saturated heterocycles. The number of nitrogens with zero attached hydrogens (tertiary/aromatic N) is 2. The number of nitrogens with one attached hydrogen (secondary N) is 2. The van der Waals surface area contributed by atoms with Crippen LogP contribution in [0.25, 0.3) is 79.8 Å². The van der Waals surface area contributed by atoms with Gasteiger partial charge in [-0.15, -0.1) is 5.54 Å². The molecular weight excluding hydrogens is 1020 g/mol. The molecule has 6 aromatic rings. The summed E-state index contributed by atoms with van der Waals surface area (Å²) in [6.45, 7) is 34.6. The number of rotatable bonds is 18. The molecular formula is C78H96N4Si. The Balaban J connectivity index is 1.45. The molecule has 5 heterocycles. The Morgan fingerprint density at radius 1 is 0.373 bits per heavy atom. The molecule has 3 aromatic heterocycles. The second kappa shape index (κ2) is 26.8. The number of H-pyrrole nitrogens is 2. The van der Waals surface area contributed by atoms with Crippen LogP contribution < -0.4 is 0 Å². The van der Waals surface area contributed by atoms with Crippen LogP contribution >= 0.6 is 0 Å². The van der Waals surface area contributed by atoms with E-state index in [-0.39, 0.29) is 21.7 Å². The summed E-state index contributed by atoms with van der Waals surface area (Å²) in [5.74, 6) is 17.0. The number of hydrogen-bond donors (Lipinski definition) is 2. The highest BCUT2D eigenvalue weighted by Gasteiger charge is 2.30. The molecule has 3 aromatic carbocycles. The average molecular weight is 1120 g/mol. The molecule has 0 aliphatic carbocycles. The first kappa shape index (κ1) is 62.2. The topological polar surface area (TPSA) is 57.4 Å². The molecule has 432 valence electrons. The zero-order valence-electron chi connectivity index (χ0n) is 53.5. The summed E-state index contributed by atoms with van der Waals surface area (Å²) < 4.78 is 0. The largest absolute Gasteiger partial charge is 0.354 e. The Labute approximate surface area is 502 Å². The summed E-state index contributed by atoms with van der Waals surface area (Å²) in [5.41, 5.74) is 23.1. The van der Waals surface area contributed by atoms with Crippen LogP contribution in [-0.2, 0) is 21.7 Å². The van der Waals surface area contributed by atoms with Gasteiger partial charge in [-0.1, -0.05) is 248 Å². The first-order valence-electron chi connectivity index (χ1n) is 31.6. The van der Waals surface area contributed by atoms with E-state index in [1.807, 2.05) is 0 Å². The van der Waals surface area contributed by atoms with Gasteiger partial charge in [0.2, 0.25) is 0 Å². The summed E-state index contributed by atoms with van der Waals surface area (Å²) in [5, 5.41) is 0. The molecule has 2 aliphatic rings. The first-order chi connectivity index (χ1) is 39.5. The van der Waals surface area contributed by atoms with E-state index in [1.165, 1.54) is 117 Å². The molecule has 8 rings (SSSR count). The fraction of sp³-hybridized carbons (Fsp3) is 0.436. The SMILES string of the molecule is CCCCCC[Si](C#CC#CC#Cc1c2nc(c(-c3cc(C(C)(C)C)cc(C(C)(C)C)c3)c3ccc([nH]3)c(-c3ccccc3)c3nc(c(-c4cc(C(C)(C)C)cc(C(C)(C)C)c4)c4ccc1[nH]4)C=C3)C=C2)(CCCCCC)CCCCCC. The number of aromatic nitrogens is 4. The van der Waals surface area contributed by atoms with Gasteiger partial charge in [-0.05, 0) is 157 Å². The molecule has 0 atom stereocenters. The van der Waals surface area contributed by atoms with Gasteiger partial charge in [0.15, 0.2) is 0 Å². The lowest BCUT2D eigenvalue weighted by Gasteiger charge is -2.26. The highest BCUT2D eigenvalue weighted by Crippen LogP contribution is 2.42. The summed E-state index contributed by atoms with van der Waals surface area (Å²) in [4.78, 5) is 19.2. The molecule has 4 nitrogen and oxygen atoms in total. The van der Waals surface area contributed by atoms with E-state index in [0.29, 0.717) is 0 Å². The first-order valence-corrected chi connectivity index (χ1v) is 34.2. The summed E-state index contributed by atoms with van der Waals surface area (Å²) in [6, 6.07) is 37.7. The van der Waals surface area contributed by atoms with Crippen molar-refractivity contribution in [2.75, 3.05) is 0 Å². The Morgan fingerprint density at radius 3 is 1.14 bits per heavy atom. The third-order valence-electron chi connectivity index (χ3n) is 17.0. The van der Waals surface area contributed by atoms with Gasteiger partial charge >= 0.3 is 0 Å². The highest BCUT2D eigenvalue weighted by molar-refractivity contribution is 6.87. The molecule has 8 bridgehead atoms. The van der Waals surface area contributed by atoms with Gasteiger partial charge in [-0.25, -0.2) is 9.97 Å². The third-order valence-corrected chi connectivity index (χ3v) is 21.5. The summed E-state index contributed by atoms with van der Waals surface area (Å²) in [6.07, 6.45) is 24.1. The van der Waals surface area contributed by atoms with E-state index in [2.05, 4.69) is 264 Å². The lowest BCUT2D eigenvalue weighted by Crippen LogP contribution is -2.32. The maximum Gasteiger partial charge on any atom is 0.139 e. The van der Waals surface area contributed by atoms with Crippen molar-refractivity contribution in [2.24, 2.45) is 0 Å². The third kappa shape index (κ3) is 15.7. The van der Waals surface area contributed by atoms with Crippen LogP contribution in [0.15, 0.2) is 91.0 Å². The normalized spacial score (nSPS) is 12.6. The number of fused-ring (bicyclic) bond motifs is 8. The van der Waals surface area contributed by atoms with E-state index < -0.39 is 8.07 Å². The van der Waals surface area contributed by atoms with Crippen LogP contribution in [0.2, 0.25) is 18.1 Å². The van der Waals surface area contributed by atoms with Gasteiger partial charge in [0.25, 0.3) is 0 Å². The number of aromatic amines is 2. The fourth-order valence-electron chi connectivity index (χ4n) is 11.7. The van der Waals surface area contributed by atoms with E-state index in [9.17, 15) is 0 Å². The predicted octanol–water partition coefficient (Wildman–Crippen LogP) is 21.9. The predicted molar refractivity (Wildman–Crippen MR) is 365 cm³/mol. The molecule has 83 heavy (non-hydrogen) atoms. The monoisotopic (exact) mass is 1120 g/mol. The van der Waals surface area contributed by atoms with Crippen molar-refractivity contribution < 1.29 is 0 Å². The van der Waals surface area contributed by atoms with Crippen molar-refractivity contribution in [3.8, 4) is 68.5 Å². The van der Waals surface area contributed by atoms with Gasteiger partial charge in [-0.2, -0.15) is 0 Å². The van der Waals surface area contributed by atoms with Crippen molar-refractivity contribution in [1.29, 1.82) is 0 Å². The number of hydrogen-bond acceptors (Lipinski definition) is 2. The van der Waals surface area contributed by atoms with Gasteiger partial charge in [0.1, 0.15) is 8.07 Å². The fourth-order valence-corrected chi connectivity index (χ4v) is 15.9. The molecule has 0 unspecified atom stereocenters. The second-order valence-corrected chi connectivity index (χ2v) is 32.2. The van der Waals surface area contributed by atoms with E-state index in [0.717, 1.165) is 83.8 Å². The Kier molecular flexibility index (Phi) is 20.1. The lowest BCUT2D eigenvalue weighted by atomic mass is 9.78. The van der Waals surface area contributed by atoms with Gasteiger partial charge in [-0.3, -0.25) is 0 Å². The quantitative estimate of drug-likeness (QED) is 0.0511. The summed E-state index contributed by atoms with van der Waals surface area (Å²) >= 11 is 0. The van der Waals surface area contributed by atoms with Crippen LogP contribution in [0.5, 0.6) is 0 Å². The minimum Gasteiger partial charge on any atom is -0.354 e. The maximum absolute atomic E-state index is 5.66. The van der Waals surface area contributed by atoms with Crippen molar-refractivity contribution in [3.05, 3.63) is 142 Å². The van der Waals surface area contributed by atoms with Crippen LogP contribution in [-0.4, -0.2) is 28.0 Å². The maximum atomic E-state index is 5.66. The molecule has 0 spiro atoms. The van der Waals surface area contributed by atoms with Gasteiger partial charge < -0.3 is 9.97 Å². The number of benzene rings is 3. The molecule has 0 fully saturated rings. The zero-order chi connectivity index (χ0) is 59.6. The van der Waals surface area contributed by atoms with Crippen molar-refractivity contribution in [1.82, 2.24) is 19.9 Å². The molecule has 0 saturated carbocycles. The van der Waals surface area contributed by atoms with Crippen LogP contribution in [0.4, 0.5) is 0 Å². The van der Waals surface area contributed by atoms with E-state index >= 15 is 0 Å². The van der Waals surface area contributed by atoms with Gasteiger partial charge in [0, 0.05) is 33.2 Å². The van der Waals surface area contributed by atoms with Crippen LogP contribution in [0.1, 0.15) is 231 Å². The average Bonchev–Trinajstić information content (AvgIpc) is 4.15. The molecule has 5 heteroatoms.